The molecule has 22 heavy (non-hydrogen) atoms. The van der Waals surface area contributed by atoms with Gasteiger partial charge in [-0.3, -0.25) is 9.59 Å². The molecule has 0 saturated heterocycles. The van der Waals surface area contributed by atoms with E-state index in [0.29, 0.717) is 15.7 Å². The van der Waals surface area contributed by atoms with Crippen molar-refractivity contribution in [2.45, 2.75) is 0 Å². The number of phenols is 1. The number of phenolic OH excluding ortho intramolecular Hbond substituents is 1. The van der Waals surface area contributed by atoms with Crippen LogP contribution in [0.2, 0.25) is 10.0 Å². The maximum Gasteiger partial charge on any atom is 0.255 e. The van der Waals surface area contributed by atoms with Gasteiger partial charge in [0, 0.05) is 15.7 Å². The number of halogens is 2. The highest BCUT2D eigenvalue weighted by molar-refractivity contribution is 6.31. The van der Waals surface area contributed by atoms with E-state index in [-0.39, 0.29) is 17.9 Å². The van der Waals surface area contributed by atoms with Gasteiger partial charge in [0.05, 0.1) is 12.1 Å². The minimum Gasteiger partial charge on any atom is -0.507 e. The molecule has 2 rings (SSSR count). The van der Waals surface area contributed by atoms with E-state index >= 15 is 0 Å². The van der Waals surface area contributed by atoms with Crippen molar-refractivity contribution in [3.63, 3.8) is 0 Å². The number of hydrogen-bond donors (Lipinski definition) is 3. The Hall–Kier alpha value is -2.24. The smallest absolute Gasteiger partial charge is 0.255 e. The van der Waals surface area contributed by atoms with Gasteiger partial charge >= 0.3 is 0 Å². The van der Waals surface area contributed by atoms with Gasteiger partial charge in [-0.2, -0.15) is 0 Å². The lowest BCUT2D eigenvalue weighted by atomic mass is 10.2. The molecule has 0 aliphatic carbocycles. The van der Waals surface area contributed by atoms with Gasteiger partial charge in [0.25, 0.3) is 5.91 Å². The number of nitrogens with one attached hydrogen (secondary N) is 2. The normalized spacial score (nSPS) is 10.1. The van der Waals surface area contributed by atoms with Crippen LogP contribution in [0.1, 0.15) is 10.4 Å². The van der Waals surface area contributed by atoms with E-state index in [0.717, 1.165) is 0 Å². The topological polar surface area (TPSA) is 78.4 Å². The van der Waals surface area contributed by atoms with Crippen LogP contribution in [0.5, 0.6) is 5.75 Å². The first kappa shape index (κ1) is 16.1. The minimum absolute atomic E-state index is 0.00283. The van der Waals surface area contributed by atoms with E-state index < -0.39 is 11.8 Å². The Balaban J connectivity index is 1.93. The summed E-state index contributed by atoms with van der Waals surface area (Å²) in [7, 11) is 0. The Bertz CT molecular complexity index is 720. The van der Waals surface area contributed by atoms with Gasteiger partial charge in [-0.15, -0.1) is 0 Å². The first-order chi connectivity index (χ1) is 10.5. The zero-order valence-electron chi connectivity index (χ0n) is 11.3. The van der Waals surface area contributed by atoms with E-state index in [2.05, 4.69) is 10.6 Å². The highest BCUT2D eigenvalue weighted by Gasteiger charge is 2.13. The van der Waals surface area contributed by atoms with Crippen molar-refractivity contribution in [3.05, 3.63) is 58.1 Å². The lowest BCUT2D eigenvalue weighted by Gasteiger charge is -2.08. The highest BCUT2D eigenvalue weighted by atomic mass is 35.5. The molecule has 0 spiro atoms. The third-order valence-corrected chi connectivity index (χ3v) is 3.19. The molecular weight excluding hydrogens is 327 g/mol. The summed E-state index contributed by atoms with van der Waals surface area (Å²) < 4.78 is 0. The first-order valence-corrected chi connectivity index (χ1v) is 7.03. The third kappa shape index (κ3) is 4.38. The molecular formula is C15H12Cl2N2O3. The predicted octanol–water partition coefficient (Wildman–Crippen LogP) is 3.07. The van der Waals surface area contributed by atoms with Crippen molar-refractivity contribution >= 4 is 40.7 Å². The maximum absolute atomic E-state index is 11.9. The second-order valence-electron chi connectivity index (χ2n) is 4.40. The van der Waals surface area contributed by atoms with Crippen molar-refractivity contribution in [3.8, 4) is 5.75 Å². The van der Waals surface area contributed by atoms with Crippen molar-refractivity contribution < 1.29 is 14.7 Å². The Morgan fingerprint density at radius 3 is 2.50 bits per heavy atom. The third-order valence-electron chi connectivity index (χ3n) is 2.72. The second-order valence-corrected chi connectivity index (χ2v) is 5.28. The van der Waals surface area contributed by atoms with Gasteiger partial charge in [0.15, 0.2) is 0 Å². The SMILES string of the molecule is O=C(CNC(=O)c1cc(Cl)ccc1O)Nc1cccc(Cl)c1. The Morgan fingerprint density at radius 1 is 1.05 bits per heavy atom. The van der Waals surface area contributed by atoms with Gasteiger partial charge in [-0.05, 0) is 36.4 Å². The molecule has 2 aromatic carbocycles. The molecule has 7 heteroatoms. The highest BCUT2D eigenvalue weighted by Crippen LogP contribution is 2.21. The largest absolute Gasteiger partial charge is 0.507 e. The van der Waals surface area contributed by atoms with E-state index in [1.54, 1.807) is 24.3 Å². The molecule has 0 atom stereocenters. The van der Waals surface area contributed by atoms with E-state index in [9.17, 15) is 14.7 Å². The van der Waals surface area contributed by atoms with Crippen LogP contribution in [0.15, 0.2) is 42.5 Å². The molecule has 0 bridgehead atoms. The summed E-state index contributed by atoms with van der Waals surface area (Å²) in [6, 6.07) is 10.7. The maximum atomic E-state index is 11.9. The Kier molecular flexibility index (Phi) is 5.25. The molecule has 3 N–H and O–H groups in total. The number of amides is 2. The number of hydrogen-bond acceptors (Lipinski definition) is 3. The van der Waals surface area contributed by atoms with Crippen LogP contribution < -0.4 is 10.6 Å². The van der Waals surface area contributed by atoms with Crippen LogP contribution >= 0.6 is 23.2 Å². The minimum atomic E-state index is -0.596. The van der Waals surface area contributed by atoms with Gasteiger partial charge in [-0.25, -0.2) is 0 Å². The molecule has 2 amide bonds. The van der Waals surface area contributed by atoms with Crippen LogP contribution in [0.4, 0.5) is 5.69 Å². The summed E-state index contributed by atoms with van der Waals surface area (Å²) in [5.41, 5.74) is 0.528. The van der Waals surface area contributed by atoms with Gasteiger partial charge in [0.2, 0.25) is 5.91 Å². The lowest BCUT2D eigenvalue weighted by Crippen LogP contribution is -2.32. The number of anilines is 1. The number of rotatable bonds is 4. The van der Waals surface area contributed by atoms with Gasteiger partial charge in [-0.1, -0.05) is 29.3 Å². The monoisotopic (exact) mass is 338 g/mol. The summed E-state index contributed by atoms with van der Waals surface area (Å²) in [4.78, 5) is 23.7. The average Bonchev–Trinajstić information content (AvgIpc) is 2.47. The molecule has 0 aromatic heterocycles. The number of carbonyl (C=O) groups excluding carboxylic acids is 2. The molecule has 2 aromatic rings. The molecule has 0 heterocycles. The fourth-order valence-electron chi connectivity index (χ4n) is 1.72. The molecule has 0 unspecified atom stereocenters. The van der Waals surface area contributed by atoms with E-state index in [4.69, 9.17) is 23.2 Å². The summed E-state index contributed by atoms with van der Waals surface area (Å²) >= 11 is 11.6. The zero-order chi connectivity index (χ0) is 16.1. The van der Waals surface area contributed by atoms with Crippen LogP contribution in [0.3, 0.4) is 0 Å². The predicted molar refractivity (Wildman–Crippen MR) is 85.5 cm³/mol. The van der Waals surface area contributed by atoms with Crippen molar-refractivity contribution in [2.24, 2.45) is 0 Å². The Morgan fingerprint density at radius 2 is 1.77 bits per heavy atom. The molecule has 5 nitrogen and oxygen atoms in total. The molecule has 0 fully saturated rings. The lowest BCUT2D eigenvalue weighted by molar-refractivity contribution is -0.115. The van der Waals surface area contributed by atoms with Crippen molar-refractivity contribution in [2.75, 3.05) is 11.9 Å². The van der Waals surface area contributed by atoms with Gasteiger partial charge < -0.3 is 15.7 Å². The van der Waals surface area contributed by atoms with E-state index in [1.807, 2.05) is 0 Å². The number of carbonyl (C=O) groups is 2. The summed E-state index contributed by atoms with van der Waals surface area (Å²) in [5, 5.41) is 15.4. The molecule has 0 aliphatic rings. The summed E-state index contributed by atoms with van der Waals surface area (Å²) in [6.07, 6.45) is 0. The van der Waals surface area contributed by atoms with Crippen LogP contribution in [-0.4, -0.2) is 23.5 Å². The van der Waals surface area contributed by atoms with E-state index in [1.165, 1.54) is 18.2 Å². The molecule has 0 aliphatic heterocycles. The standard InChI is InChI=1S/C15H12Cl2N2O3/c16-9-2-1-3-11(6-9)19-14(21)8-18-15(22)12-7-10(17)4-5-13(12)20/h1-7,20H,8H2,(H,18,22)(H,19,21). The Labute approximate surface area is 136 Å². The second kappa shape index (κ2) is 7.15. The molecule has 0 saturated carbocycles. The van der Waals surface area contributed by atoms with Crippen LogP contribution in [0.25, 0.3) is 0 Å². The quantitative estimate of drug-likeness (QED) is 0.801. The van der Waals surface area contributed by atoms with Crippen molar-refractivity contribution in [1.29, 1.82) is 0 Å². The molecule has 0 radical (unpaired) electrons. The van der Waals surface area contributed by atoms with Crippen LogP contribution in [-0.2, 0) is 4.79 Å². The van der Waals surface area contributed by atoms with Crippen LogP contribution in [0, 0.1) is 0 Å². The number of benzene rings is 2. The van der Waals surface area contributed by atoms with Crippen molar-refractivity contribution in [1.82, 2.24) is 5.32 Å². The summed E-state index contributed by atoms with van der Waals surface area (Å²) in [6.45, 7) is -0.253. The first-order valence-electron chi connectivity index (χ1n) is 6.28. The average molecular weight is 339 g/mol. The summed E-state index contributed by atoms with van der Waals surface area (Å²) in [5.74, 6) is -1.23. The molecule has 114 valence electrons. The fourth-order valence-corrected chi connectivity index (χ4v) is 2.08. The van der Waals surface area contributed by atoms with Gasteiger partial charge in [0.1, 0.15) is 5.75 Å². The zero-order valence-corrected chi connectivity index (χ0v) is 12.8. The fraction of sp³-hybridized carbons (Fsp3) is 0.0667. The number of aromatic hydroxyl groups is 1.